The first kappa shape index (κ1) is 39.4. The van der Waals surface area contributed by atoms with Gasteiger partial charge in [-0.15, -0.1) is 0 Å². The summed E-state index contributed by atoms with van der Waals surface area (Å²) in [6.45, 7) is -1.56. The van der Waals surface area contributed by atoms with Crippen molar-refractivity contribution in [2.75, 3.05) is 20.3 Å². The van der Waals surface area contributed by atoms with Crippen LogP contribution in [0.1, 0.15) is 17.2 Å². The normalized spacial score (nSPS) is 28.3. The number of carbonyl (C=O) groups excluding carboxylic acids is 1. The molecule has 2 aliphatic heterocycles. The molecule has 18 nitrogen and oxygen atoms in total. The van der Waals surface area contributed by atoms with E-state index in [-0.39, 0.29) is 28.6 Å². The van der Waals surface area contributed by atoms with E-state index in [4.69, 9.17) is 28.1 Å². The summed E-state index contributed by atoms with van der Waals surface area (Å²) in [5.74, 6) is -2.54. The summed E-state index contributed by atoms with van der Waals surface area (Å²) in [6.07, 6.45) is -16.1. The van der Waals surface area contributed by atoms with Crippen LogP contribution in [0.15, 0.2) is 69.9 Å². The van der Waals surface area contributed by atoms with Crippen LogP contribution < -0.4 is 10.2 Å². The first-order chi connectivity index (χ1) is 26.2. The predicted octanol–water partition coefficient (Wildman–Crippen LogP) is -0.106. The van der Waals surface area contributed by atoms with Gasteiger partial charge in [-0.2, -0.15) is 0 Å². The Morgan fingerprint density at radius 3 is 2.22 bits per heavy atom. The van der Waals surface area contributed by atoms with Gasteiger partial charge in [-0.05, 0) is 48.0 Å². The Morgan fingerprint density at radius 2 is 1.53 bits per heavy atom. The summed E-state index contributed by atoms with van der Waals surface area (Å²) in [5, 5.41) is 106. The minimum absolute atomic E-state index is 0.0245. The molecule has 1 aromatic heterocycles. The first-order valence-corrected chi connectivity index (χ1v) is 16.7. The molecule has 18 heteroatoms. The molecule has 0 radical (unpaired) electrons. The molecule has 2 aliphatic rings. The second kappa shape index (κ2) is 16.2. The third-order valence-corrected chi connectivity index (χ3v) is 9.28. The maximum Gasteiger partial charge on any atom is 0.330 e. The van der Waals surface area contributed by atoms with Crippen LogP contribution in [0.5, 0.6) is 28.7 Å². The van der Waals surface area contributed by atoms with Crippen LogP contribution in [0.3, 0.4) is 0 Å². The molecule has 0 aliphatic carbocycles. The zero-order valence-corrected chi connectivity index (χ0v) is 28.8. The Kier molecular flexibility index (Phi) is 11.6. The number of esters is 1. The fourth-order valence-electron chi connectivity index (χ4n) is 6.32. The maximum atomic E-state index is 13.3. The van der Waals surface area contributed by atoms with Crippen LogP contribution in [-0.2, 0) is 23.7 Å². The highest BCUT2D eigenvalue weighted by atomic mass is 16.7. The predicted molar refractivity (Wildman–Crippen MR) is 186 cm³/mol. The molecular weight excluding hydrogens is 732 g/mol. The van der Waals surface area contributed by atoms with Crippen molar-refractivity contribution in [3.8, 4) is 40.1 Å². The Hall–Kier alpha value is -5.28. The Morgan fingerprint density at radius 1 is 0.818 bits per heavy atom. The van der Waals surface area contributed by atoms with Crippen LogP contribution in [0.25, 0.3) is 28.4 Å². The highest BCUT2D eigenvalue weighted by Crippen LogP contribution is 2.46. The van der Waals surface area contributed by atoms with E-state index in [9.17, 15) is 60.7 Å². The number of ether oxygens (including phenoxy) is 5. The number of phenolic OH excluding ortho intramolecular Hbond substituents is 4. The standard InChI is InChI=1S/C37H38O18/c1-50-22-10-15(2-8-18(22)40)3-9-26(43)51-14-25-30(45)32(47)34(49)37(54-25)55-36-33(48)29(44)24(13-38)53-35(36)28-20(42)12-23-27(31(28)46)19(41)11-21(52-23)16-4-6-17(39)7-5-16/h2-12,24-25,29-30,32-40,42,44-49H,13-14H2,1H3/b9-3+/t24-,25-,29-,30-,32+,33+,34-,35+,36-,37+/m1/s1. The van der Waals surface area contributed by atoms with Gasteiger partial charge in [-0.3, -0.25) is 4.79 Å². The number of aliphatic hydroxyl groups is 6. The summed E-state index contributed by atoms with van der Waals surface area (Å²) < 4.78 is 33.2. The topological polar surface area (TPSA) is 296 Å². The van der Waals surface area contributed by atoms with Crippen LogP contribution in [0, 0.1) is 0 Å². The lowest BCUT2D eigenvalue weighted by Crippen LogP contribution is -2.63. The van der Waals surface area contributed by atoms with Gasteiger partial charge in [0, 0.05) is 23.8 Å². The van der Waals surface area contributed by atoms with E-state index >= 15 is 0 Å². The fraction of sp³-hybridized carbons (Fsp3) is 0.351. The van der Waals surface area contributed by atoms with E-state index < -0.39 is 108 Å². The van der Waals surface area contributed by atoms with Crippen molar-refractivity contribution in [2.24, 2.45) is 0 Å². The number of rotatable bonds is 10. The van der Waals surface area contributed by atoms with Crippen molar-refractivity contribution in [3.63, 3.8) is 0 Å². The van der Waals surface area contributed by atoms with Crippen molar-refractivity contribution in [2.45, 2.75) is 61.2 Å². The second-order valence-electron chi connectivity index (χ2n) is 12.8. The SMILES string of the molecule is COc1cc(/C=C/C(=O)OC[C@H]2O[C@@H](O[C@@H]3[C@@H](O)[C@H](O)[C@@H](CO)O[C@H]3c3c(O)cc4oc(-c5ccc(O)cc5)cc(=O)c4c3O)[C@H](O)[C@@H](O)[C@@H]2O)ccc1O. The van der Waals surface area contributed by atoms with Crippen LogP contribution >= 0.6 is 0 Å². The second-order valence-corrected chi connectivity index (χ2v) is 12.8. The average molecular weight is 771 g/mol. The molecule has 10 N–H and O–H groups in total. The van der Waals surface area contributed by atoms with E-state index in [0.29, 0.717) is 11.1 Å². The zero-order valence-electron chi connectivity index (χ0n) is 28.8. The highest BCUT2D eigenvalue weighted by Gasteiger charge is 2.52. The third-order valence-electron chi connectivity index (χ3n) is 9.28. The van der Waals surface area contributed by atoms with Gasteiger partial charge < -0.3 is 79.2 Å². The molecule has 2 fully saturated rings. The Bertz CT molecular complexity index is 2100. The molecule has 0 bridgehead atoms. The van der Waals surface area contributed by atoms with Gasteiger partial charge in [-0.1, -0.05) is 6.07 Å². The summed E-state index contributed by atoms with van der Waals surface area (Å²) in [5.41, 5.74) is -0.774. The van der Waals surface area contributed by atoms with Crippen LogP contribution in [-0.4, -0.2) is 132 Å². The minimum Gasteiger partial charge on any atom is -0.508 e. The van der Waals surface area contributed by atoms with Crippen molar-refractivity contribution in [1.29, 1.82) is 0 Å². The largest absolute Gasteiger partial charge is 0.508 e. The molecule has 3 aromatic carbocycles. The lowest BCUT2D eigenvalue weighted by Gasteiger charge is -2.46. The Labute approximate surface area is 310 Å². The number of fused-ring (bicyclic) bond motifs is 1. The number of hydrogen-bond acceptors (Lipinski definition) is 18. The quantitative estimate of drug-likeness (QED) is 0.0743. The number of methoxy groups -OCH3 is 1. The molecule has 294 valence electrons. The molecule has 3 heterocycles. The van der Waals surface area contributed by atoms with Gasteiger partial charge in [0.25, 0.3) is 0 Å². The van der Waals surface area contributed by atoms with Crippen molar-refractivity contribution in [1.82, 2.24) is 0 Å². The third kappa shape index (κ3) is 7.94. The van der Waals surface area contributed by atoms with E-state index in [2.05, 4.69) is 0 Å². The number of aromatic hydroxyl groups is 4. The monoisotopic (exact) mass is 770 g/mol. The molecule has 55 heavy (non-hydrogen) atoms. The maximum absolute atomic E-state index is 13.3. The van der Waals surface area contributed by atoms with Crippen molar-refractivity contribution in [3.05, 3.63) is 82.0 Å². The zero-order chi connectivity index (χ0) is 39.7. The molecule has 0 spiro atoms. The summed E-state index contributed by atoms with van der Waals surface area (Å²) in [4.78, 5) is 25.8. The molecule has 0 amide bonds. The molecule has 6 rings (SSSR count). The lowest BCUT2D eigenvalue weighted by atomic mass is 9.89. The highest BCUT2D eigenvalue weighted by molar-refractivity contribution is 5.88. The number of aliphatic hydroxyl groups excluding tert-OH is 6. The minimum atomic E-state index is -2.03. The summed E-state index contributed by atoms with van der Waals surface area (Å²) >= 11 is 0. The summed E-state index contributed by atoms with van der Waals surface area (Å²) in [6, 6.07) is 12.0. The fourth-order valence-corrected chi connectivity index (χ4v) is 6.32. The molecule has 2 saturated heterocycles. The van der Waals surface area contributed by atoms with Gasteiger partial charge in [0.1, 0.15) is 95.5 Å². The first-order valence-electron chi connectivity index (χ1n) is 16.7. The van der Waals surface area contributed by atoms with E-state index in [0.717, 1.165) is 18.2 Å². The summed E-state index contributed by atoms with van der Waals surface area (Å²) in [7, 11) is 1.35. The lowest BCUT2D eigenvalue weighted by molar-refractivity contribution is -0.342. The number of carbonyl (C=O) groups is 1. The molecular formula is C37H38O18. The van der Waals surface area contributed by atoms with Crippen LogP contribution in [0.2, 0.25) is 0 Å². The van der Waals surface area contributed by atoms with Gasteiger partial charge in [0.2, 0.25) is 0 Å². The van der Waals surface area contributed by atoms with Gasteiger partial charge >= 0.3 is 5.97 Å². The van der Waals surface area contributed by atoms with Gasteiger partial charge in [0.15, 0.2) is 23.2 Å². The van der Waals surface area contributed by atoms with E-state index in [1.807, 2.05) is 0 Å². The van der Waals surface area contributed by atoms with Gasteiger partial charge in [0.05, 0.1) is 19.3 Å². The molecule has 10 atom stereocenters. The number of benzene rings is 3. The Balaban J connectivity index is 1.26. The van der Waals surface area contributed by atoms with Crippen LogP contribution in [0.4, 0.5) is 0 Å². The van der Waals surface area contributed by atoms with Crippen molar-refractivity contribution >= 4 is 23.0 Å². The number of hydrogen-bond donors (Lipinski definition) is 10. The van der Waals surface area contributed by atoms with E-state index in [1.54, 1.807) is 0 Å². The smallest absolute Gasteiger partial charge is 0.330 e. The molecule has 0 saturated carbocycles. The van der Waals surface area contributed by atoms with Gasteiger partial charge in [-0.25, -0.2) is 4.79 Å². The number of phenols is 4. The average Bonchev–Trinajstić information content (AvgIpc) is 3.16. The van der Waals surface area contributed by atoms with Crippen molar-refractivity contribution < 1.29 is 84.0 Å². The molecule has 4 aromatic rings. The molecule has 0 unspecified atom stereocenters. The van der Waals surface area contributed by atoms with E-state index in [1.165, 1.54) is 55.7 Å².